The number of amides is 2. The van der Waals surface area contributed by atoms with E-state index in [1.54, 1.807) is 16.2 Å². The number of nitrogens with one attached hydrogen (secondary N) is 1. The van der Waals surface area contributed by atoms with Crippen molar-refractivity contribution in [1.82, 2.24) is 10.2 Å². The fraction of sp³-hybridized carbons (Fsp3) is 0.571. The van der Waals surface area contributed by atoms with Crippen LogP contribution in [0.5, 0.6) is 0 Å². The third-order valence-electron chi connectivity index (χ3n) is 4.13. The smallest absolute Gasteiger partial charge is 0.242 e. The molecule has 0 bridgehead atoms. The number of carbonyl (C=O) groups excluding carboxylic acids is 2. The van der Waals surface area contributed by atoms with Gasteiger partial charge in [-0.25, -0.2) is 0 Å². The van der Waals surface area contributed by atoms with Crippen LogP contribution in [0, 0.1) is 0 Å². The lowest BCUT2D eigenvalue weighted by Crippen LogP contribution is -2.56. The molecule has 1 aromatic heterocycles. The summed E-state index contributed by atoms with van der Waals surface area (Å²) in [7, 11) is 0. The highest BCUT2D eigenvalue weighted by atomic mass is 32.1. The number of rotatable bonds is 1. The van der Waals surface area contributed by atoms with Crippen molar-refractivity contribution in [1.29, 1.82) is 0 Å². The summed E-state index contributed by atoms with van der Waals surface area (Å²) in [5.74, 6) is 0.0472. The van der Waals surface area contributed by atoms with Gasteiger partial charge in [-0.15, -0.1) is 11.3 Å². The first-order valence-corrected chi connectivity index (χ1v) is 7.71. The average molecular weight is 278 g/mol. The Bertz CT molecular complexity index is 511. The van der Waals surface area contributed by atoms with Gasteiger partial charge in [-0.05, 0) is 43.2 Å². The predicted octanol–water partition coefficient (Wildman–Crippen LogP) is 1.51. The van der Waals surface area contributed by atoms with Gasteiger partial charge in [0.1, 0.15) is 6.04 Å². The van der Waals surface area contributed by atoms with Crippen LogP contribution in [0.3, 0.4) is 0 Å². The summed E-state index contributed by atoms with van der Waals surface area (Å²) >= 11 is 1.74. The summed E-state index contributed by atoms with van der Waals surface area (Å²) in [4.78, 5) is 27.5. The van der Waals surface area contributed by atoms with Crippen molar-refractivity contribution < 1.29 is 9.59 Å². The second kappa shape index (κ2) is 4.96. The molecule has 102 valence electrons. The number of hydrogen-bond acceptors (Lipinski definition) is 3. The van der Waals surface area contributed by atoms with Crippen molar-refractivity contribution in [3.05, 3.63) is 21.9 Å². The van der Waals surface area contributed by atoms with Crippen LogP contribution in [0.1, 0.15) is 36.1 Å². The van der Waals surface area contributed by atoms with Gasteiger partial charge in [0.2, 0.25) is 11.8 Å². The van der Waals surface area contributed by atoms with E-state index in [-0.39, 0.29) is 23.8 Å². The summed E-state index contributed by atoms with van der Waals surface area (Å²) in [5.41, 5.74) is 1.19. The minimum atomic E-state index is -0.342. The highest BCUT2D eigenvalue weighted by Crippen LogP contribution is 2.36. The molecule has 2 amide bonds. The van der Waals surface area contributed by atoms with E-state index in [2.05, 4.69) is 16.8 Å². The summed E-state index contributed by atoms with van der Waals surface area (Å²) in [6.45, 7) is 3.00. The Morgan fingerprint density at radius 1 is 1.53 bits per heavy atom. The van der Waals surface area contributed by atoms with Crippen LogP contribution in [0.4, 0.5) is 0 Å². The largest absolute Gasteiger partial charge is 0.353 e. The van der Waals surface area contributed by atoms with Crippen molar-refractivity contribution in [2.24, 2.45) is 0 Å². The molecule has 19 heavy (non-hydrogen) atoms. The van der Waals surface area contributed by atoms with E-state index >= 15 is 0 Å². The lowest BCUT2D eigenvalue weighted by Gasteiger charge is -2.36. The highest BCUT2D eigenvalue weighted by Gasteiger charge is 2.36. The van der Waals surface area contributed by atoms with E-state index in [1.807, 2.05) is 6.92 Å². The Balaban J connectivity index is 1.83. The van der Waals surface area contributed by atoms with Gasteiger partial charge < -0.3 is 10.2 Å². The molecule has 3 rings (SSSR count). The molecule has 0 saturated carbocycles. The zero-order valence-corrected chi connectivity index (χ0v) is 11.8. The van der Waals surface area contributed by atoms with Crippen LogP contribution in [-0.2, 0) is 16.0 Å². The van der Waals surface area contributed by atoms with Crippen molar-refractivity contribution in [2.45, 2.75) is 38.1 Å². The van der Waals surface area contributed by atoms with E-state index in [0.717, 1.165) is 19.3 Å². The van der Waals surface area contributed by atoms with Crippen LogP contribution in [-0.4, -0.2) is 35.8 Å². The number of piperazine rings is 1. The molecule has 1 N–H and O–H groups in total. The summed E-state index contributed by atoms with van der Waals surface area (Å²) < 4.78 is 0. The molecule has 1 fully saturated rings. The van der Waals surface area contributed by atoms with E-state index in [0.29, 0.717) is 13.1 Å². The molecule has 1 aliphatic carbocycles. The average Bonchev–Trinajstić information content (AvgIpc) is 2.89. The van der Waals surface area contributed by atoms with Crippen LogP contribution in [0.2, 0.25) is 0 Å². The SMILES string of the molecule is CC1C(=O)NCCN1C(=O)C1CCCc2sccc21. The molecule has 0 spiro atoms. The molecule has 1 saturated heterocycles. The Morgan fingerprint density at radius 2 is 2.37 bits per heavy atom. The second-order valence-corrected chi connectivity index (χ2v) is 6.24. The van der Waals surface area contributed by atoms with Crippen LogP contribution < -0.4 is 5.32 Å². The first-order valence-electron chi connectivity index (χ1n) is 6.83. The molecule has 2 heterocycles. The number of aryl methyl sites for hydroxylation is 1. The minimum absolute atomic E-state index is 0.0386. The van der Waals surface area contributed by atoms with Crippen molar-refractivity contribution >= 4 is 23.2 Å². The van der Waals surface area contributed by atoms with Crippen molar-refractivity contribution in [2.75, 3.05) is 13.1 Å². The highest BCUT2D eigenvalue weighted by molar-refractivity contribution is 7.10. The quantitative estimate of drug-likeness (QED) is 0.846. The third-order valence-corrected chi connectivity index (χ3v) is 5.13. The Kier molecular flexibility index (Phi) is 3.31. The zero-order chi connectivity index (χ0) is 13.4. The first-order chi connectivity index (χ1) is 9.18. The molecule has 5 heteroatoms. The van der Waals surface area contributed by atoms with E-state index in [4.69, 9.17) is 0 Å². The minimum Gasteiger partial charge on any atom is -0.353 e. The second-order valence-electron chi connectivity index (χ2n) is 5.24. The van der Waals surface area contributed by atoms with Crippen LogP contribution in [0.15, 0.2) is 11.4 Å². The van der Waals surface area contributed by atoms with Gasteiger partial charge >= 0.3 is 0 Å². The Morgan fingerprint density at radius 3 is 3.21 bits per heavy atom. The number of hydrogen-bond donors (Lipinski definition) is 1. The molecule has 4 nitrogen and oxygen atoms in total. The maximum atomic E-state index is 12.7. The van der Waals surface area contributed by atoms with E-state index < -0.39 is 0 Å². The monoisotopic (exact) mass is 278 g/mol. The van der Waals surface area contributed by atoms with Gasteiger partial charge in [0.15, 0.2) is 0 Å². The fourth-order valence-electron chi connectivity index (χ4n) is 3.03. The summed E-state index contributed by atoms with van der Waals surface area (Å²) in [6, 6.07) is 1.74. The maximum absolute atomic E-state index is 12.7. The predicted molar refractivity (Wildman–Crippen MR) is 74.2 cm³/mol. The molecular weight excluding hydrogens is 260 g/mol. The fourth-order valence-corrected chi connectivity index (χ4v) is 4.01. The molecule has 2 atom stereocenters. The topological polar surface area (TPSA) is 49.4 Å². The van der Waals surface area contributed by atoms with Gasteiger partial charge in [0.25, 0.3) is 0 Å². The number of carbonyl (C=O) groups is 2. The van der Waals surface area contributed by atoms with Crippen molar-refractivity contribution in [3.63, 3.8) is 0 Å². The normalized spacial score (nSPS) is 26.8. The molecule has 0 aromatic carbocycles. The molecule has 1 aromatic rings. The van der Waals surface area contributed by atoms with Gasteiger partial charge in [-0.1, -0.05) is 0 Å². The third kappa shape index (κ3) is 2.16. The van der Waals surface area contributed by atoms with Gasteiger partial charge in [-0.3, -0.25) is 9.59 Å². The lowest BCUT2D eigenvalue weighted by atomic mass is 9.86. The zero-order valence-electron chi connectivity index (χ0n) is 11.0. The van der Waals surface area contributed by atoms with E-state index in [9.17, 15) is 9.59 Å². The van der Waals surface area contributed by atoms with Crippen LogP contribution in [0.25, 0.3) is 0 Å². The van der Waals surface area contributed by atoms with E-state index in [1.165, 1.54) is 10.4 Å². The maximum Gasteiger partial charge on any atom is 0.242 e. The molecule has 1 aliphatic heterocycles. The van der Waals surface area contributed by atoms with Gasteiger partial charge in [-0.2, -0.15) is 0 Å². The standard InChI is InChI=1S/C14H18N2O2S/c1-9-13(17)15-6-7-16(9)14(18)11-3-2-4-12-10(11)5-8-19-12/h5,8-9,11H,2-4,6-7H2,1H3,(H,15,17). The number of thiophene rings is 1. The van der Waals surface area contributed by atoms with Gasteiger partial charge in [0.05, 0.1) is 5.92 Å². The molecule has 2 unspecified atom stereocenters. The van der Waals surface area contributed by atoms with Crippen molar-refractivity contribution in [3.8, 4) is 0 Å². The Labute approximate surface area is 116 Å². The molecular formula is C14H18N2O2S. The number of nitrogens with zero attached hydrogens (tertiary/aromatic N) is 1. The lowest BCUT2D eigenvalue weighted by molar-refractivity contribution is -0.143. The Hall–Kier alpha value is -1.36. The summed E-state index contributed by atoms with van der Waals surface area (Å²) in [5, 5.41) is 4.87. The number of fused-ring (bicyclic) bond motifs is 1. The first kappa shape index (κ1) is 12.7. The van der Waals surface area contributed by atoms with Crippen LogP contribution >= 0.6 is 11.3 Å². The molecule has 2 aliphatic rings. The molecule has 0 radical (unpaired) electrons. The van der Waals surface area contributed by atoms with Gasteiger partial charge in [0, 0.05) is 18.0 Å². The summed E-state index contributed by atoms with van der Waals surface area (Å²) in [6.07, 6.45) is 3.07.